The number of nitrogens with zero attached hydrogens (tertiary/aromatic N) is 5. The Kier molecular flexibility index (Phi) is 3.80. The Labute approximate surface area is 146 Å². The minimum Gasteiger partial charge on any atom is -0.384 e. The van der Waals surface area contributed by atoms with Crippen LogP contribution in [0.4, 0.5) is 11.6 Å². The minimum atomic E-state index is 0.435. The summed E-state index contributed by atoms with van der Waals surface area (Å²) < 4.78 is 1.91. The van der Waals surface area contributed by atoms with Crippen molar-refractivity contribution in [1.82, 2.24) is 24.9 Å². The molecule has 0 unspecified atom stereocenters. The summed E-state index contributed by atoms with van der Waals surface area (Å²) in [4.78, 5) is 11.0. The molecule has 0 spiro atoms. The van der Waals surface area contributed by atoms with E-state index in [1.165, 1.54) is 0 Å². The number of fused-ring (bicyclic) bond motifs is 1. The number of nitrogen functional groups attached to an aromatic ring is 1. The highest BCUT2D eigenvalue weighted by Crippen LogP contribution is 2.26. The van der Waals surface area contributed by atoms with Crippen molar-refractivity contribution in [3.8, 4) is 11.3 Å². The largest absolute Gasteiger partial charge is 0.384 e. The summed E-state index contributed by atoms with van der Waals surface area (Å²) >= 11 is 0. The van der Waals surface area contributed by atoms with Gasteiger partial charge in [-0.1, -0.05) is 0 Å². The number of nitrogens with one attached hydrogen (secondary N) is 1. The summed E-state index contributed by atoms with van der Waals surface area (Å²) in [7, 11) is 0. The van der Waals surface area contributed by atoms with Crippen molar-refractivity contribution in [2.24, 2.45) is 0 Å². The molecule has 130 valence electrons. The molecule has 0 radical (unpaired) electrons. The summed E-state index contributed by atoms with van der Waals surface area (Å²) in [5.41, 5.74) is 9.56. The van der Waals surface area contributed by atoms with Gasteiger partial charge < -0.3 is 16.0 Å². The lowest BCUT2D eigenvalue weighted by Crippen LogP contribution is -2.54. The molecule has 4 rings (SSSR count). The third kappa shape index (κ3) is 2.91. The molecule has 7 heteroatoms. The zero-order valence-corrected chi connectivity index (χ0v) is 14.8. The number of aryl methyl sites for hydroxylation is 1. The fraction of sp³-hybridized carbons (Fsp3) is 0.389. The highest BCUT2D eigenvalue weighted by Gasteiger charge is 2.23. The van der Waals surface area contributed by atoms with Crippen molar-refractivity contribution < 1.29 is 0 Å². The third-order valence-electron chi connectivity index (χ3n) is 4.57. The zero-order chi connectivity index (χ0) is 17.6. The fourth-order valence-electron chi connectivity index (χ4n) is 3.64. The van der Waals surface area contributed by atoms with E-state index in [1.54, 1.807) is 6.20 Å². The van der Waals surface area contributed by atoms with Crippen LogP contribution in [-0.2, 0) is 0 Å². The van der Waals surface area contributed by atoms with Crippen LogP contribution in [0.5, 0.6) is 0 Å². The lowest BCUT2D eigenvalue weighted by molar-refractivity contribution is 0.404. The summed E-state index contributed by atoms with van der Waals surface area (Å²) in [5.74, 6) is 1.46. The van der Waals surface area contributed by atoms with Crippen molar-refractivity contribution >= 4 is 17.3 Å². The summed E-state index contributed by atoms with van der Waals surface area (Å²) in [6.07, 6.45) is 1.72. The smallest absolute Gasteiger partial charge is 0.154 e. The van der Waals surface area contributed by atoms with E-state index in [4.69, 9.17) is 10.8 Å². The molecule has 2 atom stereocenters. The second-order valence-electron chi connectivity index (χ2n) is 6.85. The monoisotopic (exact) mass is 337 g/mol. The van der Waals surface area contributed by atoms with E-state index in [-0.39, 0.29) is 0 Å². The highest BCUT2D eigenvalue weighted by atomic mass is 15.4. The van der Waals surface area contributed by atoms with Gasteiger partial charge in [-0.05, 0) is 45.0 Å². The van der Waals surface area contributed by atoms with Gasteiger partial charge in [-0.2, -0.15) is 0 Å². The van der Waals surface area contributed by atoms with Gasteiger partial charge in [0.05, 0.1) is 11.4 Å². The molecule has 1 aliphatic rings. The van der Waals surface area contributed by atoms with Crippen molar-refractivity contribution in [2.75, 3.05) is 23.7 Å². The van der Waals surface area contributed by atoms with Crippen LogP contribution in [-0.4, -0.2) is 44.8 Å². The molecule has 0 amide bonds. The van der Waals surface area contributed by atoms with E-state index < -0.39 is 0 Å². The predicted octanol–water partition coefficient (Wildman–Crippen LogP) is 1.87. The van der Waals surface area contributed by atoms with Crippen LogP contribution < -0.4 is 16.0 Å². The molecule has 1 aliphatic heterocycles. The molecule has 1 saturated heterocycles. The molecule has 4 heterocycles. The number of piperazine rings is 1. The third-order valence-corrected chi connectivity index (χ3v) is 4.57. The summed E-state index contributed by atoms with van der Waals surface area (Å²) in [6.45, 7) is 8.28. The van der Waals surface area contributed by atoms with E-state index in [9.17, 15) is 0 Å². The van der Waals surface area contributed by atoms with Gasteiger partial charge in [0.15, 0.2) is 5.65 Å². The Morgan fingerprint density at radius 2 is 1.92 bits per heavy atom. The number of pyridine rings is 1. The molecule has 0 saturated carbocycles. The van der Waals surface area contributed by atoms with Gasteiger partial charge in [-0.25, -0.2) is 14.5 Å². The zero-order valence-electron chi connectivity index (χ0n) is 14.8. The van der Waals surface area contributed by atoms with Gasteiger partial charge in [0.2, 0.25) is 0 Å². The molecule has 7 nitrogen and oxygen atoms in total. The van der Waals surface area contributed by atoms with Crippen LogP contribution in [0.1, 0.15) is 19.5 Å². The number of anilines is 2. The molecule has 25 heavy (non-hydrogen) atoms. The Balaban J connectivity index is 1.81. The second-order valence-corrected chi connectivity index (χ2v) is 6.85. The first-order valence-corrected chi connectivity index (χ1v) is 8.60. The van der Waals surface area contributed by atoms with Crippen LogP contribution in [0, 0.1) is 6.92 Å². The van der Waals surface area contributed by atoms with Crippen molar-refractivity contribution in [2.45, 2.75) is 32.9 Å². The van der Waals surface area contributed by atoms with Gasteiger partial charge in [0.25, 0.3) is 0 Å². The number of hydrogen-bond donors (Lipinski definition) is 2. The molecule has 0 bridgehead atoms. The number of imidazole rings is 1. The van der Waals surface area contributed by atoms with Gasteiger partial charge >= 0.3 is 0 Å². The van der Waals surface area contributed by atoms with Gasteiger partial charge in [-0.3, -0.25) is 0 Å². The van der Waals surface area contributed by atoms with Crippen molar-refractivity contribution in [1.29, 1.82) is 0 Å². The number of rotatable bonds is 2. The molecule has 3 aromatic heterocycles. The average Bonchev–Trinajstić information content (AvgIpc) is 2.88. The maximum atomic E-state index is 5.86. The van der Waals surface area contributed by atoms with Crippen molar-refractivity contribution in [3.63, 3.8) is 0 Å². The topological polar surface area (TPSA) is 84.4 Å². The van der Waals surface area contributed by atoms with E-state index in [0.29, 0.717) is 17.9 Å². The molecular formula is C18H23N7. The summed E-state index contributed by atoms with van der Waals surface area (Å²) in [6, 6.07) is 8.75. The number of hydrogen-bond acceptors (Lipinski definition) is 6. The first-order valence-electron chi connectivity index (χ1n) is 8.60. The lowest BCUT2D eigenvalue weighted by Gasteiger charge is -2.36. The summed E-state index contributed by atoms with van der Waals surface area (Å²) in [5, 5.41) is 8.44. The second kappa shape index (κ2) is 6.00. The Morgan fingerprint density at radius 1 is 1.16 bits per heavy atom. The van der Waals surface area contributed by atoms with E-state index >= 15 is 0 Å². The van der Waals surface area contributed by atoms with Crippen LogP contribution in [0.15, 0.2) is 30.5 Å². The first kappa shape index (κ1) is 15.8. The Hall–Kier alpha value is -2.67. The minimum absolute atomic E-state index is 0.435. The first-order chi connectivity index (χ1) is 12.0. The Morgan fingerprint density at radius 3 is 2.64 bits per heavy atom. The van der Waals surface area contributed by atoms with Crippen molar-refractivity contribution in [3.05, 3.63) is 36.2 Å². The van der Waals surface area contributed by atoms with Gasteiger partial charge in [-0.15, -0.1) is 5.10 Å². The fourth-order valence-corrected chi connectivity index (χ4v) is 3.64. The number of aromatic nitrogens is 4. The maximum absolute atomic E-state index is 5.86. The number of nitrogens with two attached hydrogens (primary N) is 1. The highest BCUT2D eigenvalue weighted by molar-refractivity contribution is 5.68. The van der Waals surface area contributed by atoms with E-state index in [1.807, 2.05) is 29.6 Å². The van der Waals surface area contributed by atoms with E-state index in [0.717, 1.165) is 41.5 Å². The normalized spacial score (nSPS) is 21.0. The molecule has 0 aliphatic carbocycles. The standard InChI is InChI=1S/C18H23N7/c1-11-9-24(10-12(2)21-11)17-5-4-16-22-13(3)18(25(16)23-17)14-6-7-20-15(19)8-14/h4-8,11-12,21H,9-10H2,1-3H3,(H2,19,20)/t11-,12+. The van der Waals surface area contributed by atoms with Crippen LogP contribution in [0.2, 0.25) is 0 Å². The predicted molar refractivity (Wildman–Crippen MR) is 99.6 cm³/mol. The molecule has 0 aromatic carbocycles. The van der Waals surface area contributed by atoms with Gasteiger partial charge in [0.1, 0.15) is 11.6 Å². The van der Waals surface area contributed by atoms with E-state index in [2.05, 4.69) is 40.1 Å². The Bertz CT molecular complexity index is 907. The molecule has 3 N–H and O–H groups in total. The lowest BCUT2D eigenvalue weighted by atomic mass is 10.1. The van der Waals surface area contributed by atoms with Gasteiger partial charge in [0, 0.05) is 36.9 Å². The average molecular weight is 337 g/mol. The van der Waals surface area contributed by atoms with Crippen LogP contribution >= 0.6 is 0 Å². The molecular weight excluding hydrogens is 314 g/mol. The molecule has 3 aromatic rings. The molecule has 1 fully saturated rings. The van der Waals surface area contributed by atoms with Crippen LogP contribution in [0.3, 0.4) is 0 Å². The maximum Gasteiger partial charge on any atom is 0.154 e. The quantitative estimate of drug-likeness (QED) is 0.743. The SMILES string of the molecule is Cc1nc2ccc(N3C[C@@H](C)N[C@@H](C)C3)nn2c1-c1ccnc(N)c1. The van der Waals surface area contributed by atoms with Crippen LogP contribution in [0.25, 0.3) is 16.9 Å².